The van der Waals surface area contributed by atoms with E-state index in [4.69, 9.17) is 18.9 Å². The van der Waals surface area contributed by atoms with Crippen molar-refractivity contribution in [1.29, 1.82) is 0 Å². The molecule has 0 radical (unpaired) electrons. The summed E-state index contributed by atoms with van der Waals surface area (Å²) >= 11 is 0. The van der Waals surface area contributed by atoms with Gasteiger partial charge in [-0.3, -0.25) is 0 Å². The number of hydrogen-bond acceptors (Lipinski definition) is 6. The molecule has 8 nitrogen and oxygen atoms in total. The van der Waals surface area contributed by atoms with Gasteiger partial charge in [0.1, 0.15) is 12.4 Å². The van der Waals surface area contributed by atoms with Crippen molar-refractivity contribution in [2.75, 3.05) is 20.8 Å². The second kappa shape index (κ2) is 9.88. The zero-order valence-electron chi connectivity index (χ0n) is 18.0. The van der Waals surface area contributed by atoms with E-state index >= 15 is 0 Å². The number of urea groups is 1. The van der Waals surface area contributed by atoms with Gasteiger partial charge >= 0.3 is 12.0 Å². The zero-order chi connectivity index (χ0) is 22.4. The SMILES string of the molecule is CCOC(=O)C1=C(C)NC(=O)NC1c1ccc(OCc2ccc(OC)cc2)c(OC)c1. The van der Waals surface area contributed by atoms with Crippen LogP contribution in [0.3, 0.4) is 0 Å². The van der Waals surface area contributed by atoms with E-state index in [0.29, 0.717) is 34.9 Å². The van der Waals surface area contributed by atoms with Crippen LogP contribution in [0.5, 0.6) is 17.2 Å². The van der Waals surface area contributed by atoms with Crippen LogP contribution in [0.1, 0.15) is 31.0 Å². The van der Waals surface area contributed by atoms with Crippen LogP contribution in [-0.2, 0) is 16.1 Å². The third-order valence-electron chi connectivity index (χ3n) is 4.84. The molecule has 0 saturated carbocycles. The summed E-state index contributed by atoms with van der Waals surface area (Å²) in [6.45, 7) is 3.98. The van der Waals surface area contributed by atoms with Crippen LogP contribution in [-0.4, -0.2) is 32.8 Å². The van der Waals surface area contributed by atoms with Crippen LogP contribution >= 0.6 is 0 Å². The number of amides is 2. The Bertz CT molecular complexity index is 984. The average Bonchev–Trinajstić information content (AvgIpc) is 2.77. The zero-order valence-corrected chi connectivity index (χ0v) is 18.0. The number of methoxy groups -OCH3 is 2. The molecule has 0 fully saturated rings. The molecule has 1 atom stereocenters. The van der Waals surface area contributed by atoms with Gasteiger partial charge in [0.05, 0.1) is 32.4 Å². The maximum absolute atomic E-state index is 12.5. The van der Waals surface area contributed by atoms with Gasteiger partial charge in [-0.2, -0.15) is 0 Å². The van der Waals surface area contributed by atoms with Crippen molar-refractivity contribution < 1.29 is 28.5 Å². The number of esters is 1. The minimum atomic E-state index is -0.669. The summed E-state index contributed by atoms with van der Waals surface area (Å²) in [5.74, 6) is 1.31. The molecule has 1 heterocycles. The van der Waals surface area contributed by atoms with Crippen molar-refractivity contribution in [3.8, 4) is 17.2 Å². The second-order valence-electron chi connectivity index (χ2n) is 6.84. The number of carbonyl (C=O) groups excluding carboxylic acids is 2. The first-order valence-electron chi connectivity index (χ1n) is 9.85. The molecular formula is C23H26N2O6. The minimum Gasteiger partial charge on any atom is -0.497 e. The van der Waals surface area contributed by atoms with E-state index in [1.54, 1.807) is 39.2 Å². The van der Waals surface area contributed by atoms with E-state index in [1.165, 1.54) is 7.11 Å². The summed E-state index contributed by atoms with van der Waals surface area (Å²) in [5, 5.41) is 5.39. The van der Waals surface area contributed by atoms with Gasteiger partial charge in [-0.25, -0.2) is 9.59 Å². The van der Waals surface area contributed by atoms with Gasteiger partial charge in [-0.1, -0.05) is 18.2 Å². The van der Waals surface area contributed by atoms with Crippen molar-refractivity contribution in [1.82, 2.24) is 10.6 Å². The Morgan fingerprint density at radius 3 is 2.42 bits per heavy atom. The van der Waals surface area contributed by atoms with Crippen LogP contribution in [0.25, 0.3) is 0 Å². The van der Waals surface area contributed by atoms with Gasteiger partial charge < -0.3 is 29.6 Å². The number of nitrogens with one attached hydrogen (secondary N) is 2. The largest absolute Gasteiger partial charge is 0.497 e. The molecule has 1 unspecified atom stereocenters. The molecule has 2 N–H and O–H groups in total. The van der Waals surface area contributed by atoms with Gasteiger partial charge in [-0.15, -0.1) is 0 Å². The smallest absolute Gasteiger partial charge is 0.338 e. The Morgan fingerprint density at radius 2 is 1.77 bits per heavy atom. The van der Waals surface area contributed by atoms with E-state index in [1.807, 2.05) is 24.3 Å². The predicted octanol–water partition coefficient (Wildman–Crippen LogP) is 3.47. The molecule has 3 rings (SSSR count). The Kier molecular flexibility index (Phi) is 7.02. The Morgan fingerprint density at radius 1 is 1.03 bits per heavy atom. The molecule has 1 aliphatic heterocycles. The Hall–Kier alpha value is -3.68. The van der Waals surface area contributed by atoms with Crippen molar-refractivity contribution in [2.45, 2.75) is 26.5 Å². The fourth-order valence-electron chi connectivity index (χ4n) is 3.29. The Balaban J connectivity index is 1.84. The van der Waals surface area contributed by atoms with E-state index in [2.05, 4.69) is 10.6 Å². The summed E-state index contributed by atoms with van der Waals surface area (Å²) in [6, 6.07) is 11.8. The molecule has 1 aliphatic rings. The third kappa shape index (κ3) is 5.09. The van der Waals surface area contributed by atoms with E-state index in [0.717, 1.165) is 11.3 Å². The van der Waals surface area contributed by atoms with Crippen LogP contribution in [0.2, 0.25) is 0 Å². The van der Waals surface area contributed by atoms with Gasteiger partial charge in [0.15, 0.2) is 11.5 Å². The molecular weight excluding hydrogens is 400 g/mol. The standard InChI is InChI=1S/C23H26N2O6/c1-5-30-22(26)20-14(2)24-23(27)25-21(20)16-8-11-18(19(12-16)29-4)31-13-15-6-9-17(28-3)10-7-15/h6-12,21H,5,13H2,1-4H3,(H2,24,25,27). The van der Waals surface area contributed by atoms with Crippen LogP contribution in [0.15, 0.2) is 53.7 Å². The van der Waals surface area contributed by atoms with Crippen LogP contribution in [0, 0.1) is 0 Å². The normalized spacial score (nSPS) is 15.6. The molecule has 8 heteroatoms. The topological polar surface area (TPSA) is 95.1 Å². The molecule has 2 amide bonds. The molecule has 0 aromatic heterocycles. The summed E-state index contributed by atoms with van der Waals surface area (Å²) in [5.41, 5.74) is 2.44. The van der Waals surface area contributed by atoms with Crippen LogP contribution < -0.4 is 24.8 Å². The molecule has 0 saturated heterocycles. The number of carbonyl (C=O) groups is 2. The minimum absolute atomic E-state index is 0.234. The first kappa shape index (κ1) is 22.0. The lowest BCUT2D eigenvalue weighted by molar-refractivity contribution is -0.139. The molecule has 0 spiro atoms. The molecule has 2 aromatic rings. The lowest BCUT2D eigenvalue weighted by Crippen LogP contribution is -2.45. The molecule has 0 bridgehead atoms. The lowest BCUT2D eigenvalue weighted by atomic mass is 9.95. The van der Waals surface area contributed by atoms with Gasteiger partial charge in [-0.05, 0) is 49.2 Å². The summed E-state index contributed by atoms with van der Waals surface area (Å²) in [7, 11) is 3.15. The number of ether oxygens (including phenoxy) is 4. The first-order valence-corrected chi connectivity index (χ1v) is 9.85. The van der Waals surface area contributed by atoms with Crippen molar-refractivity contribution in [3.05, 3.63) is 64.9 Å². The molecule has 0 aliphatic carbocycles. The molecule has 2 aromatic carbocycles. The summed E-state index contributed by atoms with van der Waals surface area (Å²) in [4.78, 5) is 24.5. The monoisotopic (exact) mass is 426 g/mol. The van der Waals surface area contributed by atoms with Crippen LogP contribution in [0.4, 0.5) is 4.79 Å². The maximum atomic E-state index is 12.5. The molecule has 164 valence electrons. The highest BCUT2D eigenvalue weighted by atomic mass is 16.5. The fourth-order valence-corrected chi connectivity index (χ4v) is 3.29. The highest BCUT2D eigenvalue weighted by Gasteiger charge is 2.32. The lowest BCUT2D eigenvalue weighted by Gasteiger charge is -2.28. The maximum Gasteiger partial charge on any atom is 0.338 e. The summed E-state index contributed by atoms with van der Waals surface area (Å²) in [6.07, 6.45) is 0. The van der Waals surface area contributed by atoms with E-state index in [-0.39, 0.29) is 6.61 Å². The number of allylic oxidation sites excluding steroid dienone is 1. The van der Waals surface area contributed by atoms with Crippen molar-refractivity contribution in [3.63, 3.8) is 0 Å². The first-order chi connectivity index (χ1) is 15.0. The average molecular weight is 426 g/mol. The quantitative estimate of drug-likeness (QED) is 0.628. The van der Waals surface area contributed by atoms with E-state index < -0.39 is 18.0 Å². The van der Waals surface area contributed by atoms with Gasteiger partial charge in [0, 0.05) is 5.70 Å². The van der Waals surface area contributed by atoms with E-state index in [9.17, 15) is 9.59 Å². The number of hydrogen-bond donors (Lipinski definition) is 2. The highest BCUT2D eigenvalue weighted by molar-refractivity contribution is 5.95. The van der Waals surface area contributed by atoms with Gasteiger partial charge in [0.25, 0.3) is 0 Å². The number of benzene rings is 2. The highest BCUT2D eigenvalue weighted by Crippen LogP contribution is 2.35. The van der Waals surface area contributed by atoms with Gasteiger partial charge in [0.2, 0.25) is 0 Å². The summed E-state index contributed by atoms with van der Waals surface area (Å²) < 4.78 is 21.7. The Labute approximate surface area is 181 Å². The number of rotatable bonds is 8. The van der Waals surface area contributed by atoms with Crippen molar-refractivity contribution in [2.24, 2.45) is 0 Å². The molecule has 31 heavy (non-hydrogen) atoms. The van der Waals surface area contributed by atoms with Crippen molar-refractivity contribution >= 4 is 12.0 Å². The second-order valence-corrected chi connectivity index (χ2v) is 6.84. The predicted molar refractivity (Wildman–Crippen MR) is 114 cm³/mol. The third-order valence-corrected chi connectivity index (χ3v) is 4.84. The fraction of sp³-hybridized carbons (Fsp3) is 0.304.